The number of aromatic nitrogens is 1. The maximum atomic E-state index is 15.2. The summed E-state index contributed by atoms with van der Waals surface area (Å²) < 4.78 is 27.2. The maximum Gasteiger partial charge on any atom is 0.306 e. The minimum Gasteiger partial charge on any atom is -0.485 e. The molecule has 3 fully saturated rings. The molecule has 0 radical (unpaired) electrons. The highest BCUT2D eigenvalue weighted by atomic mass is 19.1. The van der Waals surface area contributed by atoms with E-state index in [-0.39, 0.29) is 17.8 Å². The topological polar surface area (TPSA) is 71.9 Å². The summed E-state index contributed by atoms with van der Waals surface area (Å²) in [5.74, 6) is 0.149. The van der Waals surface area contributed by atoms with Gasteiger partial charge in [0.1, 0.15) is 17.7 Å². The smallest absolute Gasteiger partial charge is 0.306 e. The van der Waals surface area contributed by atoms with E-state index >= 15 is 4.39 Å². The van der Waals surface area contributed by atoms with Crippen LogP contribution in [-0.2, 0) is 17.8 Å². The van der Waals surface area contributed by atoms with Crippen molar-refractivity contribution in [3.8, 4) is 22.8 Å². The van der Waals surface area contributed by atoms with Gasteiger partial charge in [0, 0.05) is 24.7 Å². The summed E-state index contributed by atoms with van der Waals surface area (Å²) in [5.41, 5.74) is 6.28. The number of rotatable bonds is 9. The van der Waals surface area contributed by atoms with Gasteiger partial charge in [-0.3, -0.25) is 9.69 Å². The number of piperidine rings is 1. The molecule has 2 saturated carbocycles. The van der Waals surface area contributed by atoms with Crippen LogP contribution in [0.1, 0.15) is 86.1 Å². The number of hydrogen-bond acceptors (Lipinski definition) is 5. The van der Waals surface area contributed by atoms with E-state index in [0.29, 0.717) is 22.8 Å². The molecule has 0 amide bonds. The number of carboxylic acids is 1. The fourth-order valence-electron chi connectivity index (χ4n) is 7.62. The van der Waals surface area contributed by atoms with E-state index in [0.717, 1.165) is 73.3 Å². The molecule has 43 heavy (non-hydrogen) atoms. The first kappa shape index (κ1) is 28.3. The number of fused-ring (bicyclic) bond motifs is 1. The second-order valence-corrected chi connectivity index (χ2v) is 13.4. The van der Waals surface area contributed by atoms with Gasteiger partial charge in [-0.1, -0.05) is 37.3 Å². The SMILES string of the molecule is COc1cc(-c2ccc(C3CCc4ccc(C(C5CC5)C(C)C(=O)O)cc4O3)cc2CN2CCCC3(CC3)C2)c(F)cn1. The lowest BCUT2D eigenvalue weighted by Gasteiger charge is -2.34. The molecule has 3 atom stereocenters. The second kappa shape index (κ2) is 11.2. The molecule has 3 heterocycles. The Balaban J connectivity index is 1.20. The third-order valence-corrected chi connectivity index (χ3v) is 10.4. The molecular formula is C36H41FN2O4. The second-order valence-electron chi connectivity index (χ2n) is 13.4. The number of carbonyl (C=O) groups is 1. The Labute approximate surface area is 253 Å². The molecule has 7 rings (SSSR count). The van der Waals surface area contributed by atoms with Crippen LogP contribution < -0.4 is 9.47 Å². The largest absolute Gasteiger partial charge is 0.485 e. The molecule has 1 N–H and O–H groups in total. The van der Waals surface area contributed by atoms with Gasteiger partial charge in [-0.15, -0.1) is 0 Å². The van der Waals surface area contributed by atoms with Gasteiger partial charge >= 0.3 is 5.97 Å². The molecule has 1 spiro atoms. The molecule has 2 aliphatic heterocycles. The molecule has 3 unspecified atom stereocenters. The van der Waals surface area contributed by atoms with E-state index in [4.69, 9.17) is 9.47 Å². The Hall–Kier alpha value is -3.45. The van der Waals surface area contributed by atoms with E-state index in [1.807, 2.05) is 13.0 Å². The van der Waals surface area contributed by atoms with Crippen LogP contribution in [-0.4, -0.2) is 41.2 Å². The van der Waals surface area contributed by atoms with E-state index in [1.54, 1.807) is 13.2 Å². The predicted octanol–water partition coefficient (Wildman–Crippen LogP) is 7.55. The minimum atomic E-state index is -0.745. The van der Waals surface area contributed by atoms with Crippen LogP contribution in [0.25, 0.3) is 11.1 Å². The van der Waals surface area contributed by atoms with Crippen LogP contribution in [0.4, 0.5) is 4.39 Å². The van der Waals surface area contributed by atoms with Crippen LogP contribution >= 0.6 is 0 Å². The number of ether oxygens (including phenoxy) is 2. The number of benzene rings is 2. The van der Waals surface area contributed by atoms with Crippen LogP contribution in [0.3, 0.4) is 0 Å². The van der Waals surface area contributed by atoms with Crippen molar-refractivity contribution in [3.05, 3.63) is 76.7 Å². The first-order chi connectivity index (χ1) is 20.8. The van der Waals surface area contributed by atoms with Crippen LogP contribution in [0.15, 0.2) is 48.7 Å². The van der Waals surface area contributed by atoms with Crippen molar-refractivity contribution >= 4 is 5.97 Å². The average molecular weight is 585 g/mol. The number of carboxylic acid groups (broad SMARTS) is 1. The van der Waals surface area contributed by atoms with Gasteiger partial charge in [0.15, 0.2) is 0 Å². The minimum absolute atomic E-state index is 0.00390. The van der Waals surface area contributed by atoms with Crippen LogP contribution in [0.2, 0.25) is 0 Å². The first-order valence-electron chi connectivity index (χ1n) is 15.9. The van der Waals surface area contributed by atoms with Crippen molar-refractivity contribution in [2.24, 2.45) is 17.3 Å². The molecule has 3 aromatic rings. The van der Waals surface area contributed by atoms with Gasteiger partial charge in [0.2, 0.25) is 5.88 Å². The third-order valence-electron chi connectivity index (χ3n) is 10.4. The number of likely N-dealkylation sites (tertiary alicyclic amines) is 1. The highest BCUT2D eigenvalue weighted by Crippen LogP contribution is 2.52. The molecule has 1 aromatic heterocycles. The van der Waals surface area contributed by atoms with Crippen molar-refractivity contribution in [2.75, 3.05) is 20.2 Å². The Morgan fingerprint density at radius 1 is 1.14 bits per heavy atom. The molecule has 7 heteroatoms. The molecular weight excluding hydrogens is 543 g/mol. The van der Waals surface area contributed by atoms with Crippen LogP contribution in [0.5, 0.6) is 11.6 Å². The van der Waals surface area contributed by atoms with Crippen LogP contribution in [0, 0.1) is 23.1 Å². The van der Waals surface area contributed by atoms with Gasteiger partial charge < -0.3 is 14.6 Å². The summed E-state index contributed by atoms with van der Waals surface area (Å²) >= 11 is 0. The highest BCUT2D eigenvalue weighted by Gasteiger charge is 2.45. The molecule has 2 aromatic carbocycles. The summed E-state index contributed by atoms with van der Waals surface area (Å²) in [6.45, 7) is 4.75. The van der Waals surface area contributed by atoms with E-state index in [1.165, 1.54) is 37.4 Å². The summed E-state index contributed by atoms with van der Waals surface area (Å²) in [7, 11) is 1.55. The number of hydrogen-bond donors (Lipinski definition) is 1. The first-order valence-corrected chi connectivity index (χ1v) is 15.9. The lowest BCUT2D eigenvalue weighted by atomic mass is 9.82. The summed E-state index contributed by atoms with van der Waals surface area (Å²) in [6.07, 6.45) is 10.2. The van der Waals surface area contributed by atoms with Crippen molar-refractivity contribution in [1.29, 1.82) is 0 Å². The summed E-state index contributed by atoms with van der Waals surface area (Å²) in [6, 6.07) is 14.4. The zero-order valence-electron chi connectivity index (χ0n) is 25.2. The van der Waals surface area contributed by atoms with Crippen molar-refractivity contribution < 1.29 is 23.8 Å². The number of methoxy groups -OCH3 is 1. The summed E-state index contributed by atoms with van der Waals surface area (Å²) in [4.78, 5) is 18.5. The Bertz CT molecular complexity index is 1530. The fourth-order valence-corrected chi connectivity index (χ4v) is 7.62. The monoisotopic (exact) mass is 584 g/mol. The van der Waals surface area contributed by atoms with E-state index in [9.17, 15) is 9.90 Å². The standard InChI is InChI=1S/C36H41FN2O4/c1-22(35(40)41)34(24-5-6-24)26-7-4-23-9-11-31(43-32(23)17-26)25-8-10-28(29-18-33(42-2)38-19-30(29)37)27(16-25)20-39-15-3-12-36(21-39)13-14-36/h4,7-8,10,16-19,22,24,31,34H,3,5-6,9,11-15,20-21H2,1-2H3,(H,40,41). The fraction of sp³-hybridized carbons (Fsp3) is 0.500. The number of aliphatic carboxylic acids is 1. The molecule has 2 aliphatic carbocycles. The summed E-state index contributed by atoms with van der Waals surface area (Å²) in [5, 5.41) is 9.78. The highest BCUT2D eigenvalue weighted by molar-refractivity contribution is 5.71. The van der Waals surface area contributed by atoms with Crippen molar-refractivity contribution in [2.45, 2.75) is 76.9 Å². The number of halogens is 1. The van der Waals surface area contributed by atoms with E-state index in [2.05, 4.69) is 40.2 Å². The molecule has 4 aliphatic rings. The normalized spacial score (nSPS) is 22.3. The Morgan fingerprint density at radius 2 is 1.98 bits per heavy atom. The number of pyridine rings is 1. The quantitative estimate of drug-likeness (QED) is 0.280. The molecule has 6 nitrogen and oxygen atoms in total. The van der Waals surface area contributed by atoms with Gasteiger partial charge in [0.05, 0.1) is 19.2 Å². The van der Waals surface area contributed by atoms with Gasteiger partial charge in [-0.2, -0.15) is 0 Å². The molecule has 1 saturated heterocycles. The zero-order valence-corrected chi connectivity index (χ0v) is 25.2. The van der Waals surface area contributed by atoms with Crippen molar-refractivity contribution in [1.82, 2.24) is 9.88 Å². The predicted molar refractivity (Wildman–Crippen MR) is 163 cm³/mol. The Kier molecular flexibility index (Phi) is 7.40. The third kappa shape index (κ3) is 5.76. The van der Waals surface area contributed by atoms with E-state index < -0.39 is 11.9 Å². The molecule has 226 valence electrons. The molecule has 0 bridgehead atoms. The number of aryl methyl sites for hydroxylation is 1. The maximum absolute atomic E-state index is 15.2. The van der Waals surface area contributed by atoms with Gasteiger partial charge in [-0.25, -0.2) is 9.37 Å². The Morgan fingerprint density at radius 3 is 2.72 bits per heavy atom. The lowest BCUT2D eigenvalue weighted by molar-refractivity contribution is -0.142. The number of nitrogens with zero attached hydrogens (tertiary/aromatic N) is 2. The van der Waals surface area contributed by atoms with Crippen molar-refractivity contribution in [3.63, 3.8) is 0 Å². The van der Waals surface area contributed by atoms with Gasteiger partial charge in [-0.05, 0) is 109 Å². The average Bonchev–Trinajstić information content (AvgIpc) is 3.96. The zero-order chi connectivity index (χ0) is 29.7. The lowest BCUT2D eigenvalue weighted by Crippen LogP contribution is -2.36. The van der Waals surface area contributed by atoms with Gasteiger partial charge in [0.25, 0.3) is 0 Å².